The highest BCUT2D eigenvalue weighted by atomic mass is 35.5. The van der Waals surface area contributed by atoms with E-state index < -0.39 is 17.8 Å². The highest BCUT2D eigenvalue weighted by molar-refractivity contribution is 6.31. The molecule has 1 aromatic rings. The molecule has 0 saturated carbocycles. The maximum atomic E-state index is 13.1. The number of amides is 1. The number of hydrogen-bond acceptors (Lipinski definition) is 3. The summed E-state index contributed by atoms with van der Waals surface area (Å²) in [6.07, 6.45) is 2.27. The van der Waals surface area contributed by atoms with Gasteiger partial charge in [-0.3, -0.25) is 4.79 Å². The first kappa shape index (κ1) is 14.8. The van der Waals surface area contributed by atoms with Gasteiger partial charge in [-0.05, 0) is 37.5 Å². The Morgan fingerprint density at radius 2 is 2.15 bits per heavy atom. The minimum absolute atomic E-state index is 0.109. The highest BCUT2D eigenvalue weighted by Gasteiger charge is 2.33. The average Bonchev–Trinajstić information content (AvgIpc) is 2.48. The molecule has 20 heavy (non-hydrogen) atoms. The fourth-order valence-corrected chi connectivity index (χ4v) is 2.53. The Labute approximate surface area is 121 Å². The minimum Gasteiger partial charge on any atom is -0.467 e. The molecule has 1 amide bonds. The molecule has 0 aromatic heterocycles. The summed E-state index contributed by atoms with van der Waals surface area (Å²) in [5.74, 6) is -1.33. The van der Waals surface area contributed by atoms with Crippen LogP contribution in [0.5, 0.6) is 0 Å². The molecular weight excluding hydrogens is 285 g/mol. The van der Waals surface area contributed by atoms with Gasteiger partial charge in [0.05, 0.1) is 12.1 Å². The molecule has 1 aliphatic rings. The molecule has 0 aliphatic carbocycles. The first-order valence-electron chi connectivity index (χ1n) is 6.38. The third kappa shape index (κ3) is 2.93. The van der Waals surface area contributed by atoms with E-state index in [1.807, 2.05) is 0 Å². The van der Waals surface area contributed by atoms with Gasteiger partial charge in [0, 0.05) is 12.1 Å². The summed E-state index contributed by atoms with van der Waals surface area (Å²) in [7, 11) is 1.30. The molecule has 0 spiro atoms. The number of ether oxygens (including phenoxy) is 1. The van der Waals surface area contributed by atoms with Crippen LogP contribution < -0.4 is 0 Å². The third-order valence-corrected chi connectivity index (χ3v) is 3.69. The minimum atomic E-state index is -0.579. The molecule has 1 aromatic carbocycles. The monoisotopic (exact) mass is 299 g/mol. The zero-order chi connectivity index (χ0) is 14.7. The number of rotatable bonds is 2. The molecule has 2 rings (SSSR count). The Kier molecular flexibility index (Phi) is 4.60. The number of likely N-dealkylation sites (tertiary alicyclic amines) is 1. The Balaban J connectivity index is 2.25. The Hall–Kier alpha value is -1.62. The smallest absolute Gasteiger partial charge is 0.328 e. The van der Waals surface area contributed by atoms with Gasteiger partial charge in [0.2, 0.25) is 0 Å². The van der Waals surface area contributed by atoms with Gasteiger partial charge in [-0.25, -0.2) is 9.18 Å². The van der Waals surface area contributed by atoms with Crippen LogP contribution >= 0.6 is 11.6 Å². The Morgan fingerprint density at radius 1 is 1.40 bits per heavy atom. The Bertz CT molecular complexity index is 535. The normalized spacial score (nSPS) is 18.8. The van der Waals surface area contributed by atoms with Crippen molar-refractivity contribution in [2.45, 2.75) is 25.3 Å². The molecule has 108 valence electrons. The summed E-state index contributed by atoms with van der Waals surface area (Å²) >= 11 is 5.69. The zero-order valence-electron chi connectivity index (χ0n) is 11.1. The van der Waals surface area contributed by atoms with E-state index in [2.05, 4.69) is 0 Å². The number of nitrogens with zero attached hydrogens (tertiary/aromatic N) is 1. The fraction of sp³-hybridized carbons (Fsp3) is 0.429. The lowest BCUT2D eigenvalue weighted by molar-refractivity contribution is -0.147. The molecule has 1 aliphatic heterocycles. The molecule has 4 nitrogen and oxygen atoms in total. The van der Waals surface area contributed by atoms with Crippen molar-refractivity contribution in [3.8, 4) is 0 Å². The van der Waals surface area contributed by atoms with Crippen molar-refractivity contribution < 1.29 is 18.7 Å². The summed E-state index contributed by atoms with van der Waals surface area (Å²) in [5, 5.41) is -0.109. The van der Waals surface area contributed by atoms with Crippen LogP contribution in [0.4, 0.5) is 4.39 Å². The van der Waals surface area contributed by atoms with Crippen LogP contribution in [-0.4, -0.2) is 36.5 Å². The van der Waals surface area contributed by atoms with Gasteiger partial charge in [0.15, 0.2) is 0 Å². The van der Waals surface area contributed by atoms with Crippen LogP contribution in [0.1, 0.15) is 29.6 Å². The van der Waals surface area contributed by atoms with Crippen molar-refractivity contribution in [3.63, 3.8) is 0 Å². The number of methoxy groups -OCH3 is 1. The average molecular weight is 300 g/mol. The van der Waals surface area contributed by atoms with Gasteiger partial charge in [0.25, 0.3) is 5.91 Å². The molecule has 0 N–H and O–H groups in total. The molecule has 6 heteroatoms. The lowest BCUT2D eigenvalue weighted by atomic mass is 10.0. The molecule has 0 radical (unpaired) electrons. The van der Waals surface area contributed by atoms with E-state index >= 15 is 0 Å². The van der Waals surface area contributed by atoms with Crippen LogP contribution in [-0.2, 0) is 9.53 Å². The largest absolute Gasteiger partial charge is 0.467 e. The molecule has 0 bridgehead atoms. The van der Waals surface area contributed by atoms with E-state index in [9.17, 15) is 14.0 Å². The molecular formula is C14H15ClFNO3. The van der Waals surface area contributed by atoms with Crippen LogP contribution in [0, 0.1) is 5.82 Å². The van der Waals surface area contributed by atoms with E-state index in [1.54, 1.807) is 0 Å². The SMILES string of the molecule is COC(=O)[C@H]1CCCCN1C(=O)c1ccc(F)c(Cl)c1. The van der Waals surface area contributed by atoms with Gasteiger partial charge in [-0.2, -0.15) is 0 Å². The fourth-order valence-electron chi connectivity index (χ4n) is 2.35. The predicted molar refractivity (Wildman–Crippen MR) is 72.1 cm³/mol. The first-order chi connectivity index (χ1) is 9.54. The van der Waals surface area contributed by atoms with Crippen molar-refractivity contribution in [1.29, 1.82) is 0 Å². The molecule has 0 unspecified atom stereocenters. The lowest BCUT2D eigenvalue weighted by Crippen LogP contribution is -2.48. The van der Waals surface area contributed by atoms with E-state index in [1.165, 1.54) is 24.1 Å². The van der Waals surface area contributed by atoms with Gasteiger partial charge in [-0.1, -0.05) is 11.6 Å². The third-order valence-electron chi connectivity index (χ3n) is 3.40. The zero-order valence-corrected chi connectivity index (χ0v) is 11.8. The molecule has 1 atom stereocenters. The number of benzene rings is 1. The highest BCUT2D eigenvalue weighted by Crippen LogP contribution is 2.23. The van der Waals surface area contributed by atoms with Gasteiger partial charge in [0.1, 0.15) is 11.9 Å². The van der Waals surface area contributed by atoms with Crippen LogP contribution in [0.3, 0.4) is 0 Å². The van der Waals surface area contributed by atoms with E-state index in [-0.39, 0.29) is 16.5 Å². The number of piperidine rings is 1. The van der Waals surface area contributed by atoms with Crippen LogP contribution in [0.2, 0.25) is 5.02 Å². The lowest BCUT2D eigenvalue weighted by Gasteiger charge is -2.33. The quantitative estimate of drug-likeness (QED) is 0.789. The van der Waals surface area contributed by atoms with Crippen LogP contribution in [0.15, 0.2) is 18.2 Å². The maximum Gasteiger partial charge on any atom is 0.328 e. The standard InChI is InChI=1S/C14H15ClFNO3/c1-20-14(19)12-4-2-3-7-17(12)13(18)9-5-6-11(16)10(15)8-9/h5-6,8,12H,2-4,7H2,1H3/t12-/m1/s1. The van der Waals surface area contributed by atoms with Crippen molar-refractivity contribution in [2.24, 2.45) is 0 Å². The number of carbonyl (C=O) groups is 2. The summed E-state index contributed by atoms with van der Waals surface area (Å²) in [6.45, 7) is 0.480. The maximum absolute atomic E-state index is 13.1. The second kappa shape index (κ2) is 6.22. The second-order valence-corrected chi connectivity index (χ2v) is 5.07. The first-order valence-corrected chi connectivity index (χ1v) is 6.76. The van der Waals surface area contributed by atoms with Crippen molar-refractivity contribution in [3.05, 3.63) is 34.6 Å². The summed E-state index contributed by atoms with van der Waals surface area (Å²) in [6, 6.07) is 3.21. The molecule has 1 fully saturated rings. The topological polar surface area (TPSA) is 46.6 Å². The number of esters is 1. The van der Waals surface area contributed by atoms with Crippen molar-refractivity contribution >= 4 is 23.5 Å². The van der Waals surface area contributed by atoms with Gasteiger partial charge in [-0.15, -0.1) is 0 Å². The van der Waals surface area contributed by atoms with E-state index in [0.717, 1.165) is 18.9 Å². The van der Waals surface area contributed by atoms with Gasteiger partial charge < -0.3 is 9.64 Å². The summed E-state index contributed by atoms with van der Waals surface area (Å²) in [4.78, 5) is 25.6. The van der Waals surface area contributed by atoms with Crippen molar-refractivity contribution in [2.75, 3.05) is 13.7 Å². The predicted octanol–water partition coefficient (Wildman–Crippen LogP) is 2.65. The molecule has 1 saturated heterocycles. The summed E-state index contributed by atoms with van der Waals surface area (Å²) < 4.78 is 17.9. The number of carbonyl (C=O) groups excluding carboxylic acids is 2. The summed E-state index contributed by atoms with van der Waals surface area (Å²) in [5.41, 5.74) is 0.271. The number of hydrogen-bond donors (Lipinski definition) is 0. The second-order valence-electron chi connectivity index (χ2n) is 4.66. The van der Waals surface area contributed by atoms with Crippen molar-refractivity contribution in [1.82, 2.24) is 4.90 Å². The Morgan fingerprint density at radius 3 is 2.80 bits per heavy atom. The van der Waals surface area contributed by atoms with Gasteiger partial charge >= 0.3 is 5.97 Å². The van der Waals surface area contributed by atoms with Crippen LogP contribution in [0.25, 0.3) is 0 Å². The van der Waals surface area contributed by atoms with E-state index in [0.29, 0.717) is 13.0 Å². The molecule has 1 heterocycles. The van der Waals surface area contributed by atoms with E-state index in [4.69, 9.17) is 16.3 Å². The number of halogens is 2.